The Kier molecular flexibility index (Phi) is 3.66. The summed E-state index contributed by atoms with van der Waals surface area (Å²) in [7, 11) is 2.25. The van der Waals surface area contributed by atoms with Crippen LogP contribution < -0.4 is 9.64 Å². The molecule has 3 aliphatic rings. The van der Waals surface area contributed by atoms with Crippen molar-refractivity contribution in [3.63, 3.8) is 0 Å². The summed E-state index contributed by atoms with van der Waals surface area (Å²) in [4.78, 5) is 14.1. The molecule has 7 nitrogen and oxygen atoms in total. The normalized spacial score (nSPS) is 25.5. The standard InChI is InChI=1S/C22H26N6O/c1-22(7-8-22)29-16-5-6-18-17(9-16)21(26-25-18)19-10-20(24-13-23-19)28-11-14-3-4-15(12-28)27(14)2/h5-6,9-10,13-15H,3-4,7-8,11-12H2,1-2H3,(H,25,26). The topological polar surface area (TPSA) is 70.2 Å². The number of benzene rings is 1. The van der Waals surface area contributed by atoms with Gasteiger partial charge in [-0.1, -0.05) is 0 Å². The van der Waals surface area contributed by atoms with E-state index in [1.54, 1.807) is 6.33 Å². The van der Waals surface area contributed by atoms with Crippen LogP contribution in [0.1, 0.15) is 32.6 Å². The van der Waals surface area contributed by atoms with Crippen molar-refractivity contribution >= 4 is 16.7 Å². The fraction of sp³-hybridized carbons (Fsp3) is 0.500. The van der Waals surface area contributed by atoms with Crippen LogP contribution in [0.2, 0.25) is 0 Å². The average molecular weight is 390 g/mol. The maximum Gasteiger partial charge on any atom is 0.132 e. The molecule has 150 valence electrons. The van der Waals surface area contributed by atoms with E-state index in [-0.39, 0.29) is 5.60 Å². The molecule has 7 heteroatoms. The van der Waals surface area contributed by atoms with Gasteiger partial charge in [-0.3, -0.25) is 10.00 Å². The first kappa shape index (κ1) is 17.2. The van der Waals surface area contributed by atoms with Crippen LogP contribution in [0, 0.1) is 0 Å². The molecule has 6 rings (SSSR count). The lowest BCUT2D eigenvalue weighted by Crippen LogP contribution is -2.52. The Balaban J connectivity index is 1.33. The van der Waals surface area contributed by atoms with E-state index in [1.807, 2.05) is 12.1 Å². The van der Waals surface area contributed by atoms with Crippen molar-refractivity contribution in [2.45, 2.75) is 50.3 Å². The van der Waals surface area contributed by atoms with E-state index >= 15 is 0 Å². The van der Waals surface area contributed by atoms with Crippen molar-refractivity contribution in [1.29, 1.82) is 0 Å². The molecule has 2 aromatic heterocycles. The lowest BCUT2D eigenvalue weighted by Gasteiger charge is -2.39. The molecule has 2 unspecified atom stereocenters. The van der Waals surface area contributed by atoms with Gasteiger partial charge < -0.3 is 9.64 Å². The smallest absolute Gasteiger partial charge is 0.132 e. The molecule has 0 spiro atoms. The third kappa shape index (κ3) is 2.95. The second-order valence-corrected chi connectivity index (χ2v) is 9.05. The van der Waals surface area contributed by atoms with Gasteiger partial charge in [-0.15, -0.1) is 0 Å². The van der Waals surface area contributed by atoms with Gasteiger partial charge in [0.15, 0.2) is 0 Å². The highest BCUT2D eigenvalue weighted by molar-refractivity contribution is 5.93. The second-order valence-electron chi connectivity index (χ2n) is 9.05. The zero-order valence-corrected chi connectivity index (χ0v) is 16.9. The number of fused-ring (bicyclic) bond motifs is 3. The van der Waals surface area contributed by atoms with Gasteiger partial charge >= 0.3 is 0 Å². The molecule has 3 fully saturated rings. The van der Waals surface area contributed by atoms with E-state index in [1.165, 1.54) is 12.8 Å². The van der Waals surface area contributed by atoms with E-state index in [0.717, 1.165) is 59.8 Å². The number of nitrogens with zero attached hydrogens (tertiary/aromatic N) is 5. The predicted octanol–water partition coefficient (Wildman–Crippen LogP) is 3.23. The molecule has 2 saturated heterocycles. The molecule has 4 heterocycles. The van der Waals surface area contributed by atoms with Crippen LogP contribution in [0.25, 0.3) is 22.3 Å². The number of aromatic amines is 1. The van der Waals surface area contributed by atoms with Gasteiger partial charge in [0.05, 0.1) is 11.2 Å². The molecule has 1 aliphatic carbocycles. The molecule has 0 amide bonds. The van der Waals surface area contributed by atoms with Crippen LogP contribution in [0.15, 0.2) is 30.6 Å². The average Bonchev–Trinajstić information content (AvgIpc) is 3.25. The number of hydrogen-bond donors (Lipinski definition) is 1. The third-order valence-corrected chi connectivity index (χ3v) is 6.92. The van der Waals surface area contributed by atoms with Crippen LogP contribution in [0.3, 0.4) is 0 Å². The SMILES string of the molecule is CN1C2CCC1CN(c1cc(-c3n[nH]c4ccc(OC5(C)CC5)cc34)ncn1)C2. The van der Waals surface area contributed by atoms with E-state index in [4.69, 9.17) is 4.74 Å². The summed E-state index contributed by atoms with van der Waals surface area (Å²) >= 11 is 0. The van der Waals surface area contributed by atoms with Gasteiger partial charge in [-0.2, -0.15) is 5.10 Å². The van der Waals surface area contributed by atoms with Crippen LogP contribution in [-0.2, 0) is 0 Å². The number of aromatic nitrogens is 4. The van der Waals surface area contributed by atoms with Gasteiger partial charge in [0.1, 0.15) is 29.2 Å². The molecule has 29 heavy (non-hydrogen) atoms. The summed E-state index contributed by atoms with van der Waals surface area (Å²) in [6.07, 6.45) is 6.46. The molecular formula is C22H26N6O. The van der Waals surface area contributed by atoms with E-state index in [2.05, 4.69) is 56.1 Å². The second kappa shape index (κ2) is 6.16. The molecule has 1 N–H and O–H groups in total. The van der Waals surface area contributed by atoms with Gasteiger partial charge in [-0.05, 0) is 57.9 Å². The molecule has 2 bridgehead atoms. The monoisotopic (exact) mass is 390 g/mol. The van der Waals surface area contributed by atoms with Crippen LogP contribution in [0.5, 0.6) is 5.75 Å². The van der Waals surface area contributed by atoms with Crippen molar-refractivity contribution in [3.8, 4) is 17.1 Å². The van der Waals surface area contributed by atoms with E-state index < -0.39 is 0 Å². The highest BCUT2D eigenvalue weighted by Crippen LogP contribution is 2.40. The maximum absolute atomic E-state index is 6.15. The summed E-state index contributed by atoms with van der Waals surface area (Å²) in [6, 6.07) is 9.46. The van der Waals surface area contributed by atoms with Gasteiger partial charge in [0.2, 0.25) is 0 Å². The van der Waals surface area contributed by atoms with Crippen molar-refractivity contribution < 1.29 is 4.74 Å². The van der Waals surface area contributed by atoms with E-state index in [9.17, 15) is 0 Å². The van der Waals surface area contributed by atoms with Gasteiger partial charge in [0.25, 0.3) is 0 Å². The minimum absolute atomic E-state index is 0.000433. The van der Waals surface area contributed by atoms with Crippen LogP contribution >= 0.6 is 0 Å². The Morgan fingerprint density at radius 2 is 1.90 bits per heavy atom. The van der Waals surface area contributed by atoms with Crippen molar-refractivity contribution in [3.05, 3.63) is 30.6 Å². The fourth-order valence-electron chi connectivity index (χ4n) is 4.76. The molecule has 3 aromatic rings. The van der Waals surface area contributed by atoms with Crippen molar-refractivity contribution in [1.82, 2.24) is 25.1 Å². The maximum atomic E-state index is 6.15. The molecular weight excluding hydrogens is 364 g/mol. The largest absolute Gasteiger partial charge is 0.488 e. The molecule has 2 atom stereocenters. The number of H-pyrrole nitrogens is 1. The Bertz CT molecular complexity index is 1060. The van der Waals surface area contributed by atoms with E-state index in [0.29, 0.717) is 12.1 Å². The van der Waals surface area contributed by atoms with Crippen molar-refractivity contribution in [2.24, 2.45) is 0 Å². The Morgan fingerprint density at radius 3 is 2.66 bits per heavy atom. The van der Waals surface area contributed by atoms with Crippen LogP contribution in [0.4, 0.5) is 5.82 Å². The first-order valence-corrected chi connectivity index (χ1v) is 10.5. The molecule has 1 aromatic carbocycles. The van der Waals surface area contributed by atoms with Gasteiger partial charge in [0, 0.05) is 36.6 Å². The number of ether oxygens (including phenoxy) is 1. The first-order valence-electron chi connectivity index (χ1n) is 10.5. The number of anilines is 1. The highest BCUT2D eigenvalue weighted by Gasteiger charge is 2.40. The fourth-order valence-corrected chi connectivity index (χ4v) is 4.76. The minimum Gasteiger partial charge on any atom is -0.488 e. The molecule has 2 aliphatic heterocycles. The van der Waals surface area contributed by atoms with Crippen molar-refractivity contribution in [2.75, 3.05) is 25.0 Å². The van der Waals surface area contributed by atoms with Gasteiger partial charge in [-0.25, -0.2) is 9.97 Å². The summed E-state index contributed by atoms with van der Waals surface area (Å²) < 4.78 is 6.15. The Labute approximate surface area is 170 Å². The Morgan fingerprint density at radius 1 is 1.10 bits per heavy atom. The lowest BCUT2D eigenvalue weighted by molar-refractivity contribution is 0.200. The summed E-state index contributed by atoms with van der Waals surface area (Å²) in [5.74, 6) is 1.89. The highest BCUT2D eigenvalue weighted by atomic mass is 16.5. The number of piperazine rings is 1. The minimum atomic E-state index is 0.000433. The Hall–Kier alpha value is -2.67. The first-order chi connectivity index (χ1) is 14.1. The summed E-state index contributed by atoms with van der Waals surface area (Å²) in [5.41, 5.74) is 2.70. The zero-order chi connectivity index (χ0) is 19.6. The summed E-state index contributed by atoms with van der Waals surface area (Å²) in [6.45, 7) is 4.22. The number of rotatable bonds is 4. The molecule has 0 radical (unpaired) electrons. The number of nitrogens with one attached hydrogen (secondary N) is 1. The quantitative estimate of drug-likeness (QED) is 0.738. The number of hydrogen-bond acceptors (Lipinski definition) is 6. The lowest BCUT2D eigenvalue weighted by atomic mass is 10.1. The van der Waals surface area contributed by atoms with Crippen LogP contribution in [-0.4, -0.2) is 62.9 Å². The predicted molar refractivity (Wildman–Crippen MR) is 112 cm³/mol. The summed E-state index contributed by atoms with van der Waals surface area (Å²) in [5, 5.41) is 8.73. The zero-order valence-electron chi connectivity index (χ0n) is 16.9. The third-order valence-electron chi connectivity index (χ3n) is 6.92. The molecule has 1 saturated carbocycles. The number of likely N-dealkylation sites (N-methyl/N-ethyl adjacent to an activating group) is 1.